The van der Waals surface area contributed by atoms with Gasteiger partial charge in [0.15, 0.2) is 11.5 Å². The van der Waals surface area contributed by atoms with Crippen LogP contribution in [0.3, 0.4) is 0 Å². The lowest BCUT2D eigenvalue weighted by Gasteiger charge is -2.29. The predicted molar refractivity (Wildman–Crippen MR) is 110 cm³/mol. The Morgan fingerprint density at radius 3 is 2.59 bits per heavy atom. The number of anilines is 1. The molecule has 144 valence electrons. The Morgan fingerprint density at radius 1 is 1.04 bits per heavy atom. The van der Waals surface area contributed by atoms with Crippen LogP contribution in [0.25, 0.3) is 0 Å². The number of likely N-dealkylation sites (tertiary alicyclic amines) is 1. The number of aryl methyl sites for hydroxylation is 1. The third-order valence-corrected chi connectivity index (χ3v) is 6.29. The highest BCUT2D eigenvalue weighted by Crippen LogP contribution is 2.46. The fourth-order valence-corrected chi connectivity index (χ4v) is 4.92. The first-order chi connectivity index (χ1) is 13.2. The van der Waals surface area contributed by atoms with Crippen molar-refractivity contribution in [1.29, 1.82) is 0 Å². The van der Waals surface area contributed by atoms with Crippen LogP contribution >= 0.6 is 0 Å². The summed E-state index contributed by atoms with van der Waals surface area (Å²) >= 11 is 0. The van der Waals surface area contributed by atoms with Crippen molar-refractivity contribution >= 4 is 5.69 Å². The van der Waals surface area contributed by atoms with Gasteiger partial charge < -0.3 is 20.1 Å². The maximum absolute atomic E-state index is 5.77. The number of fused-ring (bicyclic) bond motifs is 3. The van der Waals surface area contributed by atoms with Gasteiger partial charge in [0.1, 0.15) is 0 Å². The van der Waals surface area contributed by atoms with Crippen molar-refractivity contribution < 1.29 is 9.47 Å². The van der Waals surface area contributed by atoms with Gasteiger partial charge in [0.25, 0.3) is 0 Å². The second-order valence-electron chi connectivity index (χ2n) is 7.88. The third-order valence-electron chi connectivity index (χ3n) is 6.29. The van der Waals surface area contributed by atoms with Crippen molar-refractivity contribution in [2.45, 2.75) is 31.6 Å². The topological polar surface area (TPSA) is 47.7 Å². The number of ether oxygens (including phenoxy) is 2. The number of nitrogen functional groups attached to an aromatic ring is 1. The molecule has 1 saturated heterocycles. The standard InChI is InChI=1S/C23H30N2O2/c1-26-22-12-11-19-20(23(22)27-2)10-7-17-14-25(15-21(17)19)13-3-4-16-5-8-18(24)9-6-16/h5-6,8-9,11-12,17,21H,3-4,7,10,13-15,24H2,1-2H3. The Hall–Kier alpha value is -2.20. The molecule has 4 rings (SSSR count). The van der Waals surface area contributed by atoms with E-state index in [0.717, 1.165) is 42.5 Å². The molecule has 0 spiro atoms. The van der Waals surface area contributed by atoms with Crippen LogP contribution in [-0.2, 0) is 12.8 Å². The van der Waals surface area contributed by atoms with Gasteiger partial charge in [-0.1, -0.05) is 18.2 Å². The monoisotopic (exact) mass is 366 g/mol. The Bertz CT molecular complexity index is 788. The number of nitrogens with zero attached hydrogens (tertiary/aromatic N) is 1. The van der Waals surface area contributed by atoms with Gasteiger partial charge in [-0.2, -0.15) is 0 Å². The zero-order valence-electron chi connectivity index (χ0n) is 16.4. The van der Waals surface area contributed by atoms with Crippen molar-refractivity contribution in [2.75, 3.05) is 39.6 Å². The van der Waals surface area contributed by atoms with E-state index in [1.54, 1.807) is 14.2 Å². The summed E-state index contributed by atoms with van der Waals surface area (Å²) in [5, 5.41) is 0. The van der Waals surface area contributed by atoms with Crippen LogP contribution in [0.15, 0.2) is 36.4 Å². The first-order valence-electron chi connectivity index (χ1n) is 10.00. The molecule has 0 saturated carbocycles. The summed E-state index contributed by atoms with van der Waals surface area (Å²) in [5.74, 6) is 3.19. The molecule has 4 heteroatoms. The number of rotatable bonds is 6. The molecule has 1 aliphatic carbocycles. The van der Waals surface area contributed by atoms with E-state index in [2.05, 4.69) is 29.2 Å². The summed E-state index contributed by atoms with van der Waals surface area (Å²) in [7, 11) is 3.47. The van der Waals surface area contributed by atoms with Gasteiger partial charge in [0.2, 0.25) is 0 Å². The van der Waals surface area contributed by atoms with Crippen molar-refractivity contribution in [3.8, 4) is 11.5 Å². The van der Waals surface area contributed by atoms with Crippen LogP contribution in [0, 0.1) is 5.92 Å². The molecule has 0 amide bonds. The summed E-state index contributed by atoms with van der Waals surface area (Å²) in [6, 6.07) is 12.6. The number of benzene rings is 2. The van der Waals surface area contributed by atoms with E-state index in [9.17, 15) is 0 Å². The van der Waals surface area contributed by atoms with Crippen LogP contribution in [0.5, 0.6) is 11.5 Å². The zero-order chi connectivity index (χ0) is 18.8. The molecule has 0 bridgehead atoms. The predicted octanol–water partition coefficient (Wildman–Crippen LogP) is 3.88. The summed E-state index contributed by atoms with van der Waals surface area (Å²) < 4.78 is 11.2. The van der Waals surface area contributed by atoms with E-state index in [1.807, 2.05) is 12.1 Å². The molecule has 2 aliphatic rings. The summed E-state index contributed by atoms with van der Waals surface area (Å²) in [6.07, 6.45) is 4.65. The van der Waals surface area contributed by atoms with Crippen molar-refractivity contribution in [1.82, 2.24) is 4.90 Å². The molecule has 1 heterocycles. The Labute approximate surface area is 162 Å². The lowest BCUT2D eigenvalue weighted by molar-refractivity contribution is 0.316. The second-order valence-corrected chi connectivity index (χ2v) is 7.88. The molecule has 1 aliphatic heterocycles. The minimum atomic E-state index is 0.630. The van der Waals surface area contributed by atoms with E-state index in [-0.39, 0.29) is 0 Å². The van der Waals surface area contributed by atoms with E-state index in [0.29, 0.717) is 5.92 Å². The van der Waals surface area contributed by atoms with Crippen LogP contribution in [0.4, 0.5) is 5.69 Å². The molecule has 4 nitrogen and oxygen atoms in total. The molecule has 2 atom stereocenters. The highest BCUT2D eigenvalue weighted by Gasteiger charge is 2.38. The summed E-state index contributed by atoms with van der Waals surface area (Å²) in [5.41, 5.74) is 10.8. The van der Waals surface area contributed by atoms with Gasteiger partial charge in [-0.15, -0.1) is 0 Å². The van der Waals surface area contributed by atoms with Crippen LogP contribution in [0.2, 0.25) is 0 Å². The minimum Gasteiger partial charge on any atom is -0.493 e. The molecule has 2 aromatic rings. The number of methoxy groups -OCH3 is 2. The normalized spacial score (nSPS) is 21.6. The van der Waals surface area contributed by atoms with Gasteiger partial charge >= 0.3 is 0 Å². The van der Waals surface area contributed by atoms with E-state index >= 15 is 0 Å². The molecule has 1 fully saturated rings. The minimum absolute atomic E-state index is 0.630. The average molecular weight is 367 g/mol. The maximum atomic E-state index is 5.77. The lowest BCUT2D eigenvalue weighted by Crippen LogP contribution is -2.22. The van der Waals surface area contributed by atoms with Gasteiger partial charge in [-0.05, 0) is 67.5 Å². The van der Waals surface area contributed by atoms with E-state index in [1.165, 1.54) is 42.6 Å². The fourth-order valence-electron chi connectivity index (χ4n) is 4.92. The van der Waals surface area contributed by atoms with Crippen molar-refractivity contribution in [3.05, 3.63) is 53.1 Å². The number of hydrogen-bond donors (Lipinski definition) is 1. The van der Waals surface area contributed by atoms with Gasteiger partial charge in [0, 0.05) is 30.3 Å². The summed E-state index contributed by atoms with van der Waals surface area (Å²) in [6.45, 7) is 3.55. The van der Waals surface area contributed by atoms with Crippen LogP contribution < -0.4 is 15.2 Å². The lowest BCUT2D eigenvalue weighted by atomic mass is 9.76. The van der Waals surface area contributed by atoms with Gasteiger partial charge in [-0.3, -0.25) is 0 Å². The smallest absolute Gasteiger partial charge is 0.164 e. The first kappa shape index (κ1) is 18.2. The third kappa shape index (κ3) is 3.63. The summed E-state index contributed by atoms with van der Waals surface area (Å²) in [4.78, 5) is 2.65. The molecular weight excluding hydrogens is 336 g/mol. The molecule has 0 aromatic heterocycles. The van der Waals surface area contributed by atoms with E-state index < -0.39 is 0 Å². The number of nitrogens with two attached hydrogens (primary N) is 1. The zero-order valence-corrected chi connectivity index (χ0v) is 16.4. The Kier molecular flexibility index (Phi) is 5.26. The first-order valence-corrected chi connectivity index (χ1v) is 10.00. The number of hydrogen-bond acceptors (Lipinski definition) is 4. The SMILES string of the molecule is COc1ccc2c(c1OC)CCC1CN(CCCc3ccc(N)cc3)CC21. The van der Waals surface area contributed by atoms with Gasteiger partial charge in [0.05, 0.1) is 14.2 Å². The van der Waals surface area contributed by atoms with Gasteiger partial charge in [-0.25, -0.2) is 0 Å². The Balaban J connectivity index is 1.40. The molecule has 2 N–H and O–H groups in total. The van der Waals surface area contributed by atoms with Crippen LogP contribution in [-0.4, -0.2) is 38.8 Å². The highest BCUT2D eigenvalue weighted by atomic mass is 16.5. The Morgan fingerprint density at radius 2 is 1.85 bits per heavy atom. The molecule has 27 heavy (non-hydrogen) atoms. The highest BCUT2D eigenvalue weighted by molar-refractivity contribution is 5.53. The molecule has 2 unspecified atom stereocenters. The van der Waals surface area contributed by atoms with E-state index in [4.69, 9.17) is 15.2 Å². The maximum Gasteiger partial charge on any atom is 0.164 e. The molecular formula is C23H30N2O2. The molecule has 2 aromatic carbocycles. The van der Waals surface area contributed by atoms with Crippen LogP contribution in [0.1, 0.15) is 35.4 Å². The fraction of sp³-hybridized carbons (Fsp3) is 0.478. The largest absolute Gasteiger partial charge is 0.493 e. The average Bonchev–Trinajstić information content (AvgIpc) is 3.11. The van der Waals surface area contributed by atoms with Crippen molar-refractivity contribution in [2.24, 2.45) is 5.92 Å². The second kappa shape index (κ2) is 7.81. The quantitative estimate of drug-likeness (QED) is 0.788. The molecule has 0 radical (unpaired) electrons. The van der Waals surface area contributed by atoms with Crippen molar-refractivity contribution in [3.63, 3.8) is 0 Å².